The number of ether oxygens (including phenoxy) is 1. The van der Waals surface area contributed by atoms with E-state index in [0.29, 0.717) is 18.6 Å². The van der Waals surface area contributed by atoms with Crippen molar-refractivity contribution in [2.24, 2.45) is 0 Å². The first-order chi connectivity index (χ1) is 15.6. The number of fused-ring (bicyclic) bond motifs is 1. The number of hydrogen-bond acceptors (Lipinski definition) is 3. The first-order valence-corrected chi connectivity index (χ1v) is 11.1. The van der Waals surface area contributed by atoms with Gasteiger partial charge in [-0.25, -0.2) is 0 Å². The monoisotopic (exact) mass is 428 g/mol. The molecule has 32 heavy (non-hydrogen) atoms. The molecule has 0 fully saturated rings. The van der Waals surface area contributed by atoms with Crippen LogP contribution in [0.1, 0.15) is 38.3 Å². The van der Waals surface area contributed by atoms with Crippen molar-refractivity contribution in [2.75, 3.05) is 16.4 Å². The van der Waals surface area contributed by atoms with Crippen molar-refractivity contribution in [3.63, 3.8) is 0 Å². The Morgan fingerprint density at radius 2 is 1.56 bits per heavy atom. The molecule has 4 rings (SSSR count). The highest BCUT2D eigenvalue weighted by Gasteiger charge is 2.38. The van der Waals surface area contributed by atoms with Crippen LogP contribution in [0.4, 0.5) is 11.4 Å². The highest BCUT2D eigenvalue weighted by molar-refractivity contribution is 5.98. The van der Waals surface area contributed by atoms with E-state index >= 15 is 0 Å². The lowest BCUT2D eigenvalue weighted by molar-refractivity contribution is -0.121. The van der Waals surface area contributed by atoms with Crippen LogP contribution < -0.4 is 14.5 Å². The number of para-hydroxylation sites is 3. The fourth-order valence-corrected chi connectivity index (χ4v) is 4.39. The number of nitrogens with zero attached hydrogens (tertiary/aromatic N) is 2. The lowest BCUT2D eigenvalue weighted by atomic mass is 9.89. The molecule has 3 aromatic rings. The quantitative estimate of drug-likeness (QED) is 0.530. The van der Waals surface area contributed by atoms with Gasteiger partial charge in [0.1, 0.15) is 5.75 Å². The van der Waals surface area contributed by atoms with E-state index in [-0.39, 0.29) is 30.5 Å². The maximum Gasteiger partial charge on any atom is 0.265 e. The van der Waals surface area contributed by atoms with E-state index in [0.717, 1.165) is 16.9 Å². The summed E-state index contributed by atoms with van der Waals surface area (Å²) in [4.78, 5) is 29.9. The van der Waals surface area contributed by atoms with Gasteiger partial charge < -0.3 is 14.5 Å². The third kappa shape index (κ3) is 4.37. The molecule has 164 valence electrons. The first kappa shape index (κ1) is 21.6. The average Bonchev–Trinajstić information content (AvgIpc) is 2.84. The van der Waals surface area contributed by atoms with Crippen LogP contribution in [0, 0.1) is 0 Å². The predicted octanol–water partition coefficient (Wildman–Crippen LogP) is 5.38. The van der Waals surface area contributed by atoms with Gasteiger partial charge in [0, 0.05) is 23.8 Å². The standard InChI is InChI=1S/C27H28N2O3/c1-3-26(30)28-20(2)18-25(23-16-10-11-17-24(23)28)29(21-12-6-4-7-13-21)27(31)19-32-22-14-8-5-9-15-22/h4-17,20,25H,3,18-19H2,1-2H3/t20-,25+/m0/s1. The third-order valence-corrected chi connectivity index (χ3v) is 5.85. The lowest BCUT2D eigenvalue weighted by Crippen LogP contribution is -2.48. The molecule has 1 heterocycles. The topological polar surface area (TPSA) is 49.9 Å². The minimum absolute atomic E-state index is 0.0311. The Morgan fingerprint density at radius 1 is 0.938 bits per heavy atom. The van der Waals surface area contributed by atoms with Crippen LogP contribution in [0.25, 0.3) is 0 Å². The number of anilines is 2. The molecule has 0 saturated heterocycles. The molecule has 1 aliphatic heterocycles. The summed E-state index contributed by atoms with van der Waals surface area (Å²) in [7, 11) is 0. The van der Waals surface area contributed by atoms with E-state index in [4.69, 9.17) is 4.74 Å². The summed E-state index contributed by atoms with van der Waals surface area (Å²) >= 11 is 0. The highest BCUT2D eigenvalue weighted by atomic mass is 16.5. The van der Waals surface area contributed by atoms with E-state index in [1.165, 1.54) is 0 Å². The number of carbonyl (C=O) groups is 2. The summed E-state index contributed by atoms with van der Waals surface area (Å²) in [6, 6.07) is 26.7. The number of hydrogen-bond donors (Lipinski definition) is 0. The lowest BCUT2D eigenvalue weighted by Gasteiger charge is -2.43. The van der Waals surface area contributed by atoms with Crippen molar-refractivity contribution in [2.45, 2.75) is 38.8 Å². The van der Waals surface area contributed by atoms with Crippen molar-refractivity contribution in [3.8, 4) is 5.75 Å². The molecule has 0 bridgehead atoms. The van der Waals surface area contributed by atoms with Gasteiger partial charge in [0.2, 0.25) is 5.91 Å². The van der Waals surface area contributed by atoms with Crippen molar-refractivity contribution in [1.82, 2.24) is 0 Å². The van der Waals surface area contributed by atoms with Crippen molar-refractivity contribution in [1.29, 1.82) is 0 Å². The number of carbonyl (C=O) groups excluding carboxylic acids is 2. The van der Waals surface area contributed by atoms with Gasteiger partial charge in [0.05, 0.1) is 6.04 Å². The van der Waals surface area contributed by atoms with E-state index < -0.39 is 0 Å². The van der Waals surface area contributed by atoms with Gasteiger partial charge in [-0.05, 0) is 49.2 Å². The van der Waals surface area contributed by atoms with Gasteiger partial charge in [0.15, 0.2) is 6.61 Å². The minimum Gasteiger partial charge on any atom is -0.484 e. The highest BCUT2D eigenvalue weighted by Crippen LogP contribution is 2.42. The van der Waals surface area contributed by atoms with E-state index in [1.807, 2.05) is 109 Å². The summed E-state index contributed by atoms with van der Waals surface area (Å²) in [6.45, 7) is 3.86. The Morgan fingerprint density at radius 3 is 2.25 bits per heavy atom. The van der Waals surface area contributed by atoms with Crippen molar-refractivity contribution < 1.29 is 14.3 Å². The van der Waals surface area contributed by atoms with Crippen LogP contribution in [-0.2, 0) is 9.59 Å². The first-order valence-electron chi connectivity index (χ1n) is 11.1. The molecule has 0 aromatic heterocycles. The Hall–Kier alpha value is -3.60. The van der Waals surface area contributed by atoms with E-state index in [2.05, 4.69) is 0 Å². The van der Waals surface area contributed by atoms with Crippen LogP contribution >= 0.6 is 0 Å². The largest absolute Gasteiger partial charge is 0.484 e. The molecular formula is C27H28N2O3. The van der Waals surface area contributed by atoms with Crippen molar-refractivity contribution >= 4 is 23.2 Å². The fraction of sp³-hybridized carbons (Fsp3) is 0.259. The molecule has 2 atom stereocenters. The van der Waals surface area contributed by atoms with E-state index in [1.54, 1.807) is 0 Å². The van der Waals surface area contributed by atoms with Crippen molar-refractivity contribution in [3.05, 3.63) is 90.5 Å². The molecule has 0 unspecified atom stereocenters. The molecule has 0 radical (unpaired) electrons. The zero-order valence-electron chi connectivity index (χ0n) is 18.5. The molecule has 5 nitrogen and oxygen atoms in total. The smallest absolute Gasteiger partial charge is 0.265 e. The summed E-state index contributed by atoms with van der Waals surface area (Å²) in [5, 5.41) is 0. The van der Waals surface area contributed by atoms with Gasteiger partial charge in [-0.3, -0.25) is 9.59 Å². The molecule has 1 aliphatic rings. The number of benzene rings is 3. The normalized spacial score (nSPS) is 17.4. The summed E-state index contributed by atoms with van der Waals surface area (Å²) in [5.74, 6) is 0.627. The second-order valence-electron chi connectivity index (χ2n) is 7.98. The molecule has 3 aromatic carbocycles. The zero-order chi connectivity index (χ0) is 22.5. The van der Waals surface area contributed by atoms with Gasteiger partial charge in [-0.2, -0.15) is 0 Å². The van der Waals surface area contributed by atoms with Crippen LogP contribution in [0.3, 0.4) is 0 Å². The van der Waals surface area contributed by atoms with Crippen LogP contribution in [0.15, 0.2) is 84.9 Å². The fourth-order valence-electron chi connectivity index (χ4n) is 4.39. The molecule has 0 saturated carbocycles. The second-order valence-corrected chi connectivity index (χ2v) is 7.98. The Kier molecular flexibility index (Phi) is 6.55. The minimum atomic E-state index is -0.198. The molecule has 0 spiro atoms. The van der Waals surface area contributed by atoms with Gasteiger partial charge >= 0.3 is 0 Å². The molecular weight excluding hydrogens is 400 g/mol. The molecule has 5 heteroatoms. The Balaban J connectivity index is 1.71. The van der Waals surface area contributed by atoms with Gasteiger partial charge in [-0.1, -0.05) is 61.5 Å². The van der Waals surface area contributed by atoms with Crippen LogP contribution in [-0.4, -0.2) is 24.5 Å². The SMILES string of the molecule is CCC(=O)N1c2ccccc2[C@H](N(C(=O)COc2ccccc2)c2ccccc2)C[C@@H]1C. The summed E-state index contributed by atoms with van der Waals surface area (Å²) in [6.07, 6.45) is 1.09. The zero-order valence-corrected chi connectivity index (χ0v) is 18.5. The Labute approximate surface area is 189 Å². The summed E-state index contributed by atoms with van der Waals surface area (Å²) < 4.78 is 5.80. The van der Waals surface area contributed by atoms with Crippen LogP contribution in [0.5, 0.6) is 5.75 Å². The van der Waals surface area contributed by atoms with Crippen LogP contribution in [0.2, 0.25) is 0 Å². The molecule has 2 amide bonds. The third-order valence-electron chi connectivity index (χ3n) is 5.85. The summed E-state index contributed by atoms with van der Waals surface area (Å²) in [5.41, 5.74) is 2.67. The second kappa shape index (κ2) is 9.69. The number of amides is 2. The maximum atomic E-state index is 13.5. The molecule has 0 aliphatic carbocycles. The predicted molar refractivity (Wildman–Crippen MR) is 127 cm³/mol. The molecule has 0 N–H and O–H groups in total. The average molecular weight is 429 g/mol. The van der Waals surface area contributed by atoms with Gasteiger partial charge in [0.25, 0.3) is 5.91 Å². The van der Waals surface area contributed by atoms with E-state index in [9.17, 15) is 9.59 Å². The number of rotatable bonds is 6. The Bertz CT molecular complexity index is 1070. The van der Waals surface area contributed by atoms with Gasteiger partial charge in [-0.15, -0.1) is 0 Å². The maximum absolute atomic E-state index is 13.5.